The summed E-state index contributed by atoms with van der Waals surface area (Å²) in [5.41, 5.74) is 10.4. The summed E-state index contributed by atoms with van der Waals surface area (Å²) in [6, 6.07) is 10.0. The van der Waals surface area contributed by atoms with E-state index in [1.165, 1.54) is 32.9 Å². The Morgan fingerprint density at radius 3 is 2.56 bits per heavy atom. The number of aromatic nitrogens is 6. The van der Waals surface area contributed by atoms with E-state index in [9.17, 15) is 4.79 Å². The predicted molar refractivity (Wildman–Crippen MR) is 161 cm³/mol. The summed E-state index contributed by atoms with van der Waals surface area (Å²) in [7, 11) is 3.04. The van der Waals surface area contributed by atoms with Gasteiger partial charge < -0.3 is 25.1 Å². The molecule has 0 unspecified atom stereocenters. The number of fused-ring (bicyclic) bond motifs is 4. The fraction of sp³-hybridized carbons (Fsp3) is 0.312. The number of amides is 1. The first-order chi connectivity index (χ1) is 20.9. The molecule has 2 fully saturated rings. The Hall–Kier alpha value is -4.92. The molecule has 0 radical (unpaired) electrons. The van der Waals surface area contributed by atoms with Gasteiger partial charge in [-0.1, -0.05) is 24.1 Å². The average Bonchev–Trinajstić information content (AvgIpc) is 3.70. The number of carbonyl (C=O) groups excluding carboxylic acids is 1. The average molecular weight is 575 g/mol. The summed E-state index contributed by atoms with van der Waals surface area (Å²) < 4.78 is 12.6. The second-order valence-electron chi connectivity index (χ2n) is 11.3. The summed E-state index contributed by atoms with van der Waals surface area (Å²) in [6.07, 6.45) is 15.8. The molecule has 3 N–H and O–H groups in total. The van der Waals surface area contributed by atoms with Crippen LogP contribution in [0.25, 0.3) is 33.1 Å². The summed E-state index contributed by atoms with van der Waals surface area (Å²) >= 11 is 0. The molecule has 1 amide bonds. The Morgan fingerprint density at radius 2 is 1.84 bits per heavy atom. The number of hydrogen-bond donors (Lipinski definition) is 2. The van der Waals surface area contributed by atoms with Gasteiger partial charge in [0.05, 0.1) is 23.3 Å². The molecule has 4 heterocycles. The zero-order valence-electron chi connectivity index (χ0n) is 23.9. The van der Waals surface area contributed by atoms with Gasteiger partial charge in [0.15, 0.2) is 0 Å². The molecule has 0 saturated heterocycles. The largest absolute Gasteiger partial charge is 0.383 e. The minimum atomic E-state index is -0.650. The standard InChI is InChI=1S/C32H30N8O3/c1-4-24-25(20-13-19-7-5-6-8-21(19)34-14-20)26-27(33)37-18-38-28(26)40(24)32-11-9-31(17-32,10-12-32)39-29(41)22-15-36-23(16-35-22)30(42-2)43-3/h1,5-8,13-16,18,30H,9-12,17H2,2-3H3,(H,39,41)(H2,33,37,38). The second kappa shape index (κ2) is 10.1. The third-order valence-corrected chi connectivity index (χ3v) is 9.03. The van der Waals surface area contributed by atoms with E-state index >= 15 is 0 Å². The number of benzene rings is 1. The van der Waals surface area contributed by atoms with Crippen LogP contribution in [0.4, 0.5) is 5.82 Å². The number of terminal acetylenes is 1. The minimum absolute atomic E-state index is 0.232. The monoisotopic (exact) mass is 574 g/mol. The maximum Gasteiger partial charge on any atom is 0.271 e. The van der Waals surface area contributed by atoms with Crippen LogP contribution in [0.15, 0.2) is 55.2 Å². The first kappa shape index (κ1) is 26.9. The minimum Gasteiger partial charge on any atom is -0.383 e. The van der Waals surface area contributed by atoms with E-state index in [0.717, 1.165) is 53.1 Å². The lowest BCUT2D eigenvalue weighted by molar-refractivity contribution is -0.108. The number of nitrogens with two attached hydrogens (primary N) is 1. The molecule has 0 spiro atoms. The highest BCUT2D eigenvalue weighted by molar-refractivity contribution is 6.04. The van der Waals surface area contributed by atoms with Crippen LogP contribution < -0.4 is 11.1 Å². The second-order valence-corrected chi connectivity index (χ2v) is 11.3. The first-order valence-corrected chi connectivity index (χ1v) is 14.1. The summed E-state index contributed by atoms with van der Waals surface area (Å²) in [5, 5.41) is 5.01. The van der Waals surface area contributed by atoms with E-state index in [0.29, 0.717) is 29.3 Å². The van der Waals surface area contributed by atoms with Gasteiger partial charge in [0, 0.05) is 48.0 Å². The lowest BCUT2D eigenvalue weighted by Crippen LogP contribution is -2.45. The van der Waals surface area contributed by atoms with E-state index < -0.39 is 11.8 Å². The third-order valence-electron chi connectivity index (χ3n) is 9.03. The Morgan fingerprint density at radius 1 is 1.05 bits per heavy atom. The van der Waals surface area contributed by atoms with Crippen LogP contribution >= 0.6 is 0 Å². The van der Waals surface area contributed by atoms with Crippen molar-refractivity contribution >= 4 is 33.7 Å². The molecule has 1 aromatic carbocycles. The smallest absolute Gasteiger partial charge is 0.271 e. The molecule has 2 aliphatic carbocycles. The topological polar surface area (TPSA) is 143 Å². The molecule has 11 heteroatoms. The van der Waals surface area contributed by atoms with Crippen LogP contribution in [0.1, 0.15) is 60.3 Å². The van der Waals surface area contributed by atoms with Crippen molar-refractivity contribution in [2.24, 2.45) is 0 Å². The summed E-state index contributed by atoms with van der Waals surface area (Å²) in [6.45, 7) is 0. The van der Waals surface area contributed by atoms with Gasteiger partial charge in [0.25, 0.3) is 5.91 Å². The molecule has 4 aromatic heterocycles. The van der Waals surface area contributed by atoms with Crippen molar-refractivity contribution in [2.75, 3.05) is 20.0 Å². The first-order valence-electron chi connectivity index (χ1n) is 14.1. The highest BCUT2D eigenvalue weighted by Crippen LogP contribution is 2.57. The number of rotatable bonds is 7. The van der Waals surface area contributed by atoms with Crippen molar-refractivity contribution in [3.05, 3.63) is 72.3 Å². The molecular formula is C32H30N8O3. The van der Waals surface area contributed by atoms with E-state index in [1.807, 2.05) is 30.5 Å². The quantitative estimate of drug-likeness (QED) is 0.217. The molecule has 216 valence electrons. The van der Waals surface area contributed by atoms with Crippen molar-refractivity contribution in [2.45, 2.75) is 49.5 Å². The summed E-state index contributed by atoms with van der Waals surface area (Å²) in [4.78, 5) is 35.7. The molecular weight excluding hydrogens is 544 g/mol. The van der Waals surface area contributed by atoms with Gasteiger partial charge in [0.2, 0.25) is 6.29 Å². The lowest BCUT2D eigenvalue weighted by Gasteiger charge is -2.30. The molecule has 5 aromatic rings. The van der Waals surface area contributed by atoms with Gasteiger partial charge in [-0.2, -0.15) is 0 Å². The molecule has 0 atom stereocenters. The maximum absolute atomic E-state index is 13.4. The fourth-order valence-corrected chi connectivity index (χ4v) is 7.09. The number of nitrogens with zero attached hydrogens (tertiary/aromatic N) is 6. The van der Waals surface area contributed by atoms with Crippen LogP contribution in [-0.2, 0) is 15.0 Å². The van der Waals surface area contributed by atoms with Crippen LogP contribution in [0.5, 0.6) is 0 Å². The van der Waals surface area contributed by atoms with E-state index in [1.54, 1.807) is 0 Å². The van der Waals surface area contributed by atoms with Crippen LogP contribution in [0.3, 0.4) is 0 Å². The molecule has 0 aliphatic heterocycles. The van der Waals surface area contributed by atoms with E-state index in [4.69, 9.17) is 26.6 Å². The van der Waals surface area contributed by atoms with Crippen molar-refractivity contribution < 1.29 is 14.3 Å². The number of nitrogens with one attached hydrogen (secondary N) is 1. The number of nitrogen functional groups attached to an aromatic ring is 1. The Labute approximate surface area is 247 Å². The van der Waals surface area contributed by atoms with Gasteiger partial charge in [0.1, 0.15) is 34.9 Å². The van der Waals surface area contributed by atoms with E-state index in [-0.39, 0.29) is 17.1 Å². The Balaban J connectivity index is 1.26. The number of para-hydroxylation sites is 1. The van der Waals surface area contributed by atoms with Crippen molar-refractivity contribution in [1.82, 2.24) is 34.8 Å². The van der Waals surface area contributed by atoms with Crippen molar-refractivity contribution in [3.63, 3.8) is 0 Å². The third kappa shape index (κ3) is 4.21. The van der Waals surface area contributed by atoms with Crippen LogP contribution in [0.2, 0.25) is 0 Å². The molecule has 2 bridgehead atoms. The van der Waals surface area contributed by atoms with Crippen LogP contribution in [-0.4, -0.2) is 55.2 Å². The highest BCUT2D eigenvalue weighted by Gasteiger charge is 2.57. The van der Waals surface area contributed by atoms with Gasteiger partial charge in [-0.3, -0.25) is 14.8 Å². The molecule has 7 rings (SSSR count). The fourth-order valence-electron chi connectivity index (χ4n) is 7.09. The number of ether oxygens (including phenoxy) is 2. The Kier molecular flexibility index (Phi) is 6.34. The zero-order chi connectivity index (χ0) is 29.8. The number of methoxy groups -OCH3 is 2. The van der Waals surface area contributed by atoms with Gasteiger partial charge in [-0.15, -0.1) is 6.42 Å². The van der Waals surface area contributed by atoms with E-state index in [2.05, 4.69) is 41.8 Å². The number of pyridine rings is 1. The zero-order valence-corrected chi connectivity index (χ0v) is 23.9. The number of anilines is 1. The Bertz CT molecular complexity index is 1920. The molecule has 2 saturated carbocycles. The SMILES string of the molecule is C#Cc1c(-c2cnc3ccccc3c2)c2c(N)ncnc2n1C12CCC(NC(=O)c3cnc(C(OC)OC)cn3)(CC1)C2. The van der Waals surface area contributed by atoms with Gasteiger partial charge >= 0.3 is 0 Å². The predicted octanol–water partition coefficient (Wildman–Crippen LogP) is 4.13. The van der Waals surface area contributed by atoms with Gasteiger partial charge in [-0.25, -0.2) is 15.0 Å². The normalized spacial score (nSPS) is 21.1. The number of carbonyl (C=O) groups is 1. The van der Waals surface area contributed by atoms with Crippen molar-refractivity contribution in [1.29, 1.82) is 0 Å². The molecule has 43 heavy (non-hydrogen) atoms. The van der Waals surface area contributed by atoms with Crippen LogP contribution in [0, 0.1) is 12.3 Å². The maximum atomic E-state index is 13.4. The highest BCUT2D eigenvalue weighted by atomic mass is 16.7. The molecule has 11 nitrogen and oxygen atoms in total. The van der Waals surface area contributed by atoms with Gasteiger partial charge in [-0.05, 0) is 44.2 Å². The lowest BCUT2D eigenvalue weighted by atomic mass is 9.90. The summed E-state index contributed by atoms with van der Waals surface area (Å²) in [5.74, 6) is 3.06. The molecule has 2 aliphatic rings. The van der Waals surface area contributed by atoms with Crippen molar-refractivity contribution in [3.8, 4) is 23.5 Å². The number of hydrogen-bond acceptors (Lipinski definition) is 9.